The van der Waals surface area contributed by atoms with E-state index in [0.29, 0.717) is 6.42 Å². The Balaban J connectivity index is 2.17. The maximum absolute atomic E-state index is 11.4. The third-order valence-electron chi connectivity index (χ3n) is 4.29. The smallest absolute Gasteiger partial charge is 0.309 e. The fourth-order valence-corrected chi connectivity index (χ4v) is 3.01. The molecule has 1 aliphatic rings. The highest BCUT2D eigenvalue weighted by Gasteiger charge is 2.31. The summed E-state index contributed by atoms with van der Waals surface area (Å²) in [7, 11) is 1.45. The van der Waals surface area contributed by atoms with Gasteiger partial charge in [0.25, 0.3) is 0 Å². The monoisotopic (exact) mass is 258 g/mol. The number of ether oxygens (including phenoxy) is 1. The van der Waals surface area contributed by atoms with Gasteiger partial charge in [0.1, 0.15) is 0 Å². The molecule has 0 N–H and O–H groups in total. The second-order valence-corrected chi connectivity index (χ2v) is 5.74. The zero-order chi connectivity index (χ0) is 13.9. The largest absolute Gasteiger partial charge is 0.469 e. The number of methoxy groups -OCH3 is 1. The number of esters is 1. The van der Waals surface area contributed by atoms with E-state index in [1.807, 2.05) is 0 Å². The average molecular weight is 258 g/mol. The molecular formula is C17H22O2. The molecule has 0 aliphatic heterocycles. The van der Waals surface area contributed by atoms with Gasteiger partial charge in [0.15, 0.2) is 0 Å². The molecule has 1 atom stereocenters. The number of allylic oxidation sites excluding steroid dienone is 1. The molecule has 1 aliphatic carbocycles. The zero-order valence-electron chi connectivity index (χ0n) is 12.0. The van der Waals surface area contributed by atoms with Crippen molar-refractivity contribution in [3.63, 3.8) is 0 Å². The van der Waals surface area contributed by atoms with Gasteiger partial charge >= 0.3 is 5.97 Å². The van der Waals surface area contributed by atoms with Crippen molar-refractivity contribution in [2.45, 2.75) is 44.9 Å². The molecule has 0 heterocycles. The minimum Gasteiger partial charge on any atom is -0.469 e. The minimum atomic E-state index is -0.127. The molecule has 1 unspecified atom stereocenters. The number of carbonyl (C=O) groups excluding carboxylic acids is 1. The Labute approximate surface area is 115 Å². The lowest BCUT2D eigenvalue weighted by atomic mass is 9.69. The van der Waals surface area contributed by atoms with Crippen LogP contribution in [-0.4, -0.2) is 13.1 Å². The second-order valence-electron chi connectivity index (χ2n) is 5.74. The highest BCUT2D eigenvalue weighted by molar-refractivity contribution is 5.72. The van der Waals surface area contributed by atoms with Crippen LogP contribution in [0.25, 0.3) is 0 Å². The fraction of sp³-hybridized carbons (Fsp3) is 0.471. The Morgan fingerprint density at radius 3 is 2.58 bits per heavy atom. The standard InChI is InChI=1S/C17H22O2/c1-13-12-17(2,15-7-5-4-6-8-15)10-9-14(13)11-16(18)19-3/h4-8H,9-12H2,1-3H3. The number of carbonyl (C=O) groups is 1. The van der Waals surface area contributed by atoms with Crippen molar-refractivity contribution in [1.29, 1.82) is 0 Å². The van der Waals surface area contributed by atoms with Gasteiger partial charge < -0.3 is 4.74 Å². The van der Waals surface area contributed by atoms with Gasteiger partial charge in [-0.1, -0.05) is 48.4 Å². The summed E-state index contributed by atoms with van der Waals surface area (Å²) in [6, 6.07) is 10.7. The molecule has 0 aromatic heterocycles. The third-order valence-corrected chi connectivity index (χ3v) is 4.29. The first kappa shape index (κ1) is 13.9. The van der Waals surface area contributed by atoms with Crippen molar-refractivity contribution < 1.29 is 9.53 Å². The maximum atomic E-state index is 11.4. The first-order valence-corrected chi connectivity index (χ1v) is 6.85. The molecular weight excluding hydrogens is 236 g/mol. The van der Waals surface area contributed by atoms with Gasteiger partial charge in [-0.25, -0.2) is 0 Å². The van der Waals surface area contributed by atoms with Crippen molar-refractivity contribution in [2.75, 3.05) is 7.11 Å². The van der Waals surface area contributed by atoms with Gasteiger partial charge in [-0.15, -0.1) is 0 Å². The Hall–Kier alpha value is -1.57. The molecule has 0 saturated heterocycles. The van der Waals surface area contributed by atoms with E-state index in [0.717, 1.165) is 19.3 Å². The molecule has 0 amide bonds. The molecule has 2 rings (SSSR count). The highest BCUT2D eigenvalue weighted by atomic mass is 16.5. The third kappa shape index (κ3) is 3.06. The first-order valence-electron chi connectivity index (χ1n) is 6.85. The first-order chi connectivity index (χ1) is 9.05. The van der Waals surface area contributed by atoms with Gasteiger partial charge in [0.2, 0.25) is 0 Å². The summed E-state index contributed by atoms with van der Waals surface area (Å²) in [5.74, 6) is -0.127. The SMILES string of the molecule is COC(=O)CC1=C(C)CC(C)(c2ccccc2)CC1. The minimum absolute atomic E-state index is 0.127. The van der Waals surface area contributed by atoms with Crippen LogP contribution in [0.15, 0.2) is 41.5 Å². The zero-order valence-corrected chi connectivity index (χ0v) is 12.0. The van der Waals surface area contributed by atoms with Crippen LogP contribution in [0.3, 0.4) is 0 Å². The topological polar surface area (TPSA) is 26.3 Å². The van der Waals surface area contributed by atoms with E-state index in [1.54, 1.807) is 0 Å². The molecule has 0 fully saturated rings. The molecule has 0 spiro atoms. The van der Waals surface area contributed by atoms with Gasteiger partial charge in [0.05, 0.1) is 13.5 Å². The Bertz CT molecular complexity index is 487. The number of rotatable bonds is 3. The van der Waals surface area contributed by atoms with Gasteiger partial charge in [0, 0.05) is 0 Å². The van der Waals surface area contributed by atoms with Crippen molar-refractivity contribution >= 4 is 5.97 Å². The molecule has 2 heteroatoms. The number of hydrogen-bond acceptors (Lipinski definition) is 2. The van der Waals surface area contributed by atoms with Crippen LogP contribution in [0.5, 0.6) is 0 Å². The normalized spacial score (nSPS) is 23.3. The molecule has 1 aromatic rings. The van der Waals surface area contributed by atoms with Crippen LogP contribution in [-0.2, 0) is 14.9 Å². The van der Waals surface area contributed by atoms with Gasteiger partial charge in [-0.3, -0.25) is 4.79 Å². The lowest BCUT2D eigenvalue weighted by molar-refractivity contribution is -0.139. The molecule has 19 heavy (non-hydrogen) atoms. The quantitative estimate of drug-likeness (QED) is 0.605. The summed E-state index contributed by atoms with van der Waals surface area (Å²) in [5.41, 5.74) is 4.21. The lowest BCUT2D eigenvalue weighted by Crippen LogP contribution is -2.26. The maximum Gasteiger partial charge on any atom is 0.309 e. The summed E-state index contributed by atoms with van der Waals surface area (Å²) in [6.07, 6.45) is 3.57. The summed E-state index contributed by atoms with van der Waals surface area (Å²) in [4.78, 5) is 11.4. The lowest BCUT2D eigenvalue weighted by Gasteiger charge is -2.36. The summed E-state index contributed by atoms with van der Waals surface area (Å²) in [5, 5.41) is 0. The average Bonchev–Trinajstić information content (AvgIpc) is 2.43. The molecule has 2 nitrogen and oxygen atoms in total. The predicted molar refractivity (Wildman–Crippen MR) is 77.0 cm³/mol. The number of hydrogen-bond donors (Lipinski definition) is 0. The summed E-state index contributed by atoms with van der Waals surface area (Å²) >= 11 is 0. The summed E-state index contributed by atoms with van der Waals surface area (Å²) in [6.45, 7) is 4.47. The molecule has 0 saturated carbocycles. The second kappa shape index (κ2) is 5.60. The van der Waals surface area contributed by atoms with E-state index >= 15 is 0 Å². The highest BCUT2D eigenvalue weighted by Crippen LogP contribution is 2.42. The van der Waals surface area contributed by atoms with Crippen molar-refractivity contribution in [1.82, 2.24) is 0 Å². The Morgan fingerprint density at radius 1 is 1.32 bits per heavy atom. The van der Waals surface area contributed by atoms with Crippen LogP contribution in [0.2, 0.25) is 0 Å². The van der Waals surface area contributed by atoms with E-state index in [4.69, 9.17) is 4.74 Å². The Kier molecular flexibility index (Phi) is 4.08. The van der Waals surface area contributed by atoms with E-state index in [-0.39, 0.29) is 11.4 Å². The van der Waals surface area contributed by atoms with Crippen LogP contribution in [0.4, 0.5) is 0 Å². The van der Waals surface area contributed by atoms with Crippen LogP contribution >= 0.6 is 0 Å². The molecule has 0 bridgehead atoms. The Morgan fingerprint density at radius 2 is 2.00 bits per heavy atom. The van der Waals surface area contributed by atoms with Crippen molar-refractivity contribution in [3.05, 3.63) is 47.0 Å². The molecule has 1 aromatic carbocycles. The van der Waals surface area contributed by atoms with Gasteiger partial charge in [-0.2, -0.15) is 0 Å². The predicted octanol–water partition coefficient (Wildman–Crippen LogP) is 4.01. The van der Waals surface area contributed by atoms with Crippen molar-refractivity contribution in [2.24, 2.45) is 0 Å². The fourth-order valence-electron chi connectivity index (χ4n) is 3.01. The van der Waals surface area contributed by atoms with Crippen molar-refractivity contribution in [3.8, 4) is 0 Å². The van der Waals surface area contributed by atoms with E-state index < -0.39 is 0 Å². The summed E-state index contributed by atoms with van der Waals surface area (Å²) < 4.78 is 4.76. The van der Waals surface area contributed by atoms with Gasteiger partial charge in [-0.05, 0) is 37.2 Å². The van der Waals surface area contributed by atoms with Crippen LogP contribution < -0.4 is 0 Å². The van der Waals surface area contributed by atoms with E-state index in [2.05, 4.69) is 44.2 Å². The van der Waals surface area contributed by atoms with Crippen LogP contribution in [0.1, 0.15) is 45.1 Å². The van der Waals surface area contributed by atoms with E-state index in [9.17, 15) is 4.79 Å². The van der Waals surface area contributed by atoms with Crippen LogP contribution in [0, 0.1) is 0 Å². The molecule has 0 radical (unpaired) electrons. The van der Waals surface area contributed by atoms with E-state index in [1.165, 1.54) is 23.8 Å². The number of benzene rings is 1. The molecule has 102 valence electrons.